The van der Waals surface area contributed by atoms with E-state index in [0.717, 1.165) is 25.7 Å². The van der Waals surface area contributed by atoms with Gasteiger partial charge < -0.3 is 9.53 Å². The van der Waals surface area contributed by atoms with E-state index in [4.69, 9.17) is 4.43 Å². The van der Waals surface area contributed by atoms with E-state index < -0.39 is 8.32 Å². The van der Waals surface area contributed by atoms with Gasteiger partial charge in [-0.3, -0.25) is 0 Å². The summed E-state index contributed by atoms with van der Waals surface area (Å²) in [5.74, 6) is 0. The second-order valence-corrected chi connectivity index (χ2v) is 12.5. The van der Waals surface area contributed by atoms with Crippen molar-refractivity contribution in [3.63, 3.8) is 0 Å². The Morgan fingerprint density at radius 1 is 1.14 bits per heavy atom. The molecule has 21 heavy (non-hydrogen) atoms. The van der Waals surface area contributed by atoms with E-state index in [1.807, 2.05) is 6.08 Å². The highest BCUT2D eigenvalue weighted by atomic mass is 28.4. The number of aliphatic hydroxyl groups is 1. The number of hydrogen-bond acceptors (Lipinski definition) is 2. The molecule has 0 aliphatic rings. The van der Waals surface area contributed by atoms with Gasteiger partial charge in [-0.05, 0) is 37.4 Å². The third-order valence-electron chi connectivity index (χ3n) is 4.69. The predicted octanol–water partition coefficient (Wildman–Crippen LogP) is 5.67. The van der Waals surface area contributed by atoms with Gasteiger partial charge in [-0.2, -0.15) is 0 Å². The Morgan fingerprint density at radius 2 is 1.76 bits per heavy atom. The number of hydrogen-bond donors (Lipinski definition) is 1. The molecule has 0 amide bonds. The van der Waals surface area contributed by atoms with Gasteiger partial charge in [-0.25, -0.2) is 0 Å². The van der Waals surface area contributed by atoms with Crippen molar-refractivity contribution in [1.29, 1.82) is 0 Å². The Morgan fingerprint density at radius 3 is 2.24 bits per heavy atom. The van der Waals surface area contributed by atoms with Crippen molar-refractivity contribution in [2.24, 2.45) is 0 Å². The molecule has 2 nitrogen and oxygen atoms in total. The summed E-state index contributed by atoms with van der Waals surface area (Å²) in [5.41, 5.74) is 0. The molecule has 0 saturated heterocycles. The first-order valence-corrected chi connectivity index (χ1v) is 11.5. The lowest BCUT2D eigenvalue weighted by molar-refractivity contribution is 0.0169. The summed E-state index contributed by atoms with van der Waals surface area (Å²) in [4.78, 5) is 0. The molecule has 0 aliphatic heterocycles. The molecular weight excluding hydrogens is 276 g/mol. The zero-order valence-electron chi connectivity index (χ0n) is 15.2. The van der Waals surface area contributed by atoms with Crippen LogP contribution in [0.2, 0.25) is 18.1 Å². The minimum atomic E-state index is -1.82. The average molecular weight is 315 g/mol. The van der Waals surface area contributed by atoms with Crippen molar-refractivity contribution in [2.75, 3.05) is 0 Å². The fourth-order valence-electron chi connectivity index (χ4n) is 2.13. The predicted molar refractivity (Wildman–Crippen MR) is 96.3 cm³/mol. The summed E-state index contributed by atoms with van der Waals surface area (Å²) < 4.78 is 6.50. The normalized spacial score (nSPS) is 15.8. The van der Waals surface area contributed by atoms with Gasteiger partial charge in [0.15, 0.2) is 8.32 Å². The largest absolute Gasteiger partial charge is 0.411 e. The van der Waals surface area contributed by atoms with Crippen molar-refractivity contribution < 1.29 is 9.53 Å². The zero-order chi connectivity index (χ0) is 16.5. The van der Waals surface area contributed by atoms with E-state index >= 15 is 0 Å². The number of allylic oxidation sites excluding steroid dienone is 1. The summed E-state index contributed by atoms with van der Waals surface area (Å²) >= 11 is 0. The number of rotatable bonds is 11. The lowest BCUT2D eigenvalue weighted by Crippen LogP contribution is -2.47. The van der Waals surface area contributed by atoms with Crippen molar-refractivity contribution in [1.82, 2.24) is 0 Å². The lowest BCUT2D eigenvalue weighted by atomic mass is 10.0. The Hall–Kier alpha value is -0.123. The molecule has 1 N–H and O–H groups in total. The highest BCUT2D eigenvalue weighted by molar-refractivity contribution is 6.74. The maximum Gasteiger partial charge on any atom is 0.192 e. The first-order chi connectivity index (χ1) is 9.65. The van der Waals surface area contributed by atoms with Gasteiger partial charge in [0, 0.05) is 0 Å². The monoisotopic (exact) mass is 314 g/mol. The second-order valence-electron chi connectivity index (χ2n) is 7.70. The highest BCUT2D eigenvalue weighted by Gasteiger charge is 2.40. The fraction of sp³-hybridized carbons (Fsp3) is 0.889. The molecule has 0 unspecified atom stereocenters. The van der Waals surface area contributed by atoms with Crippen LogP contribution in [0.15, 0.2) is 12.7 Å². The molecule has 0 aromatic rings. The topological polar surface area (TPSA) is 29.5 Å². The van der Waals surface area contributed by atoms with Crippen LogP contribution in [0.3, 0.4) is 0 Å². The minimum absolute atomic E-state index is 0.0114. The molecule has 0 aliphatic carbocycles. The molecule has 0 aromatic heterocycles. The zero-order valence-corrected chi connectivity index (χ0v) is 16.2. The van der Waals surface area contributed by atoms with Crippen molar-refractivity contribution in [2.45, 2.75) is 103 Å². The maximum atomic E-state index is 10.5. The van der Waals surface area contributed by atoms with Gasteiger partial charge in [0.05, 0.1) is 12.2 Å². The maximum absolute atomic E-state index is 10.5. The molecule has 3 heteroatoms. The van der Waals surface area contributed by atoms with Crippen LogP contribution in [0.25, 0.3) is 0 Å². The third-order valence-corrected chi connectivity index (χ3v) is 9.19. The van der Waals surface area contributed by atoms with Gasteiger partial charge in [-0.1, -0.05) is 59.5 Å². The minimum Gasteiger partial charge on any atom is -0.411 e. The molecule has 0 rings (SSSR count). The Kier molecular flexibility index (Phi) is 9.75. The average Bonchev–Trinajstić information content (AvgIpc) is 2.38. The molecule has 0 fully saturated rings. The summed E-state index contributed by atoms with van der Waals surface area (Å²) in [7, 11) is -1.82. The van der Waals surface area contributed by atoms with Gasteiger partial charge in [0.1, 0.15) is 0 Å². The van der Waals surface area contributed by atoms with Gasteiger partial charge in [0.2, 0.25) is 0 Å². The fourth-order valence-corrected chi connectivity index (χ4v) is 3.52. The van der Waals surface area contributed by atoms with E-state index in [2.05, 4.69) is 47.4 Å². The quantitative estimate of drug-likeness (QED) is 0.302. The van der Waals surface area contributed by atoms with E-state index in [9.17, 15) is 5.11 Å². The first-order valence-electron chi connectivity index (χ1n) is 8.62. The molecule has 0 bridgehead atoms. The van der Waals surface area contributed by atoms with Crippen molar-refractivity contribution in [3.8, 4) is 0 Å². The molecule has 0 saturated carbocycles. The van der Waals surface area contributed by atoms with Crippen LogP contribution in [-0.2, 0) is 4.43 Å². The second kappa shape index (κ2) is 9.81. The number of aliphatic hydroxyl groups excluding tert-OH is 1. The standard InChI is InChI=1S/C18H38O2Si/c1-8-10-12-13-15-17(16(19)14-11-9-2)20-21(6,7)18(3,4)5/h9,16-17,19H,2,8,10-15H2,1,3-7H3/t16-,17-/m0/s1. The first kappa shape index (κ1) is 20.9. The molecule has 0 aromatic carbocycles. The summed E-state index contributed by atoms with van der Waals surface area (Å²) in [5, 5.41) is 10.7. The van der Waals surface area contributed by atoms with E-state index in [1.54, 1.807) is 0 Å². The van der Waals surface area contributed by atoms with Crippen molar-refractivity contribution in [3.05, 3.63) is 12.7 Å². The molecule has 2 atom stereocenters. The van der Waals surface area contributed by atoms with Crippen molar-refractivity contribution >= 4 is 8.32 Å². The highest BCUT2D eigenvalue weighted by Crippen LogP contribution is 2.38. The molecular formula is C18H38O2Si. The van der Waals surface area contributed by atoms with Crippen LogP contribution in [0, 0.1) is 0 Å². The van der Waals surface area contributed by atoms with E-state index in [0.29, 0.717) is 0 Å². The van der Waals surface area contributed by atoms with Crippen LogP contribution < -0.4 is 0 Å². The SMILES string of the molecule is C=CCC[C@H](O)[C@H](CCCCCC)O[Si](C)(C)C(C)(C)C. The smallest absolute Gasteiger partial charge is 0.192 e. The molecule has 0 heterocycles. The van der Waals surface area contributed by atoms with Crippen LogP contribution in [0.1, 0.15) is 72.6 Å². The van der Waals surface area contributed by atoms with Crippen LogP contribution >= 0.6 is 0 Å². The van der Waals surface area contributed by atoms with Gasteiger partial charge >= 0.3 is 0 Å². The van der Waals surface area contributed by atoms with Gasteiger partial charge in [0.25, 0.3) is 0 Å². The van der Waals surface area contributed by atoms with Gasteiger partial charge in [-0.15, -0.1) is 6.58 Å². The Bertz CT molecular complexity index is 281. The summed E-state index contributed by atoms with van der Waals surface area (Å²) in [6.07, 6.45) is 9.00. The van der Waals surface area contributed by atoms with Crippen LogP contribution in [-0.4, -0.2) is 25.6 Å². The summed E-state index contributed by atoms with van der Waals surface area (Å²) in [6, 6.07) is 0. The molecule has 0 radical (unpaired) electrons. The van der Waals surface area contributed by atoms with E-state index in [-0.39, 0.29) is 17.2 Å². The Balaban J connectivity index is 4.66. The third kappa shape index (κ3) is 8.17. The van der Waals surface area contributed by atoms with Crippen LogP contribution in [0.4, 0.5) is 0 Å². The Labute approximate surface area is 134 Å². The van der Waals surface area contributed by atoms with Crippen LogP contribution in [0.5, 0.6) is 0 Å². The molecule has 126 valence electrons. The number of unbranched alkanes of at least 4 members (excludes halogenated alkanes) is 3. The molecule has 0 spiro atoms. The lowest BCUT2D eigenvalue weighted by Gasteiger charge is -2.40. The van der Waals surface area contributed by atoms with E-state index in [1.165, 1.54) is 19.3 Å². The summed E-state index contributed by atoms with van der Waals surface area (Å²) in [6.45, 7) is 17.3.